The maximum absolute atomic E-state index is 5.30. The number of nitrogens with one attached hydrogen (secondary N) is 1. The minimum atomic E-state index is 0.778. The molecule has 0 aliphatic heterocycles. The number of ether oxygens (including phenoxy) is 1. The van der Waals surface area contributed by atoms with E-state index in [0.29, 0.717) is 0 Å². The van der Waals surface area contributed by atoms with E-state index < -0.39 is 0 Å². The van der Waals surface area contributed by atoms with Crippen molar-refractivity contribution < 1.29 is 4.74 Å². The van der Waals surface area contributed by atoms with E-state index in [1.165, 1.54) is 25.7 Å². The van der Waals surface area contributed by atoms with Crippen molar-refractivity contribution in [3.8, 4) is 0 Å². The predicted octanol–water partition coefficient (Wildman–Crippen LogP) is 2.58. The topological polar surface area (TPSA) is 21.3 Å². The summed E-state index contributed by atoms with van der Waals surface area (Å²) in [7, 11) is 0. The second-order valence-corrected chi connectivity index (χ2v) is 4.47. The third-order valence-electron chi connectivity index (χ3n) is 3.04. The van der Waals surface area contributed by atoms with E-state index in [-0.39, 0.29) is 0 Å². The molecule has 0 aromatic rings. The maximum atomic E-state index is 5.30. The van der Waals surface area contributed by atoms with Gasteiger partial charge in [0, 0.05) is 19.3 Å². The second-order valence-electron chi connectivity index (χ2n) is 4.47. The Morgan fingerprint density at radius 1 is 1.36 bits per heavy atom. The third-order valence-corrected chi connectivity index (χ3v) is 3.04. The number of hydrogen-bond acceptors (Lipinski definition) is 2. The molecule has 0 aromatic heterocycles. The van der Waals surface area contributed by atoms with Gasteiger partial charge < -0.3 is 10.1 Å². The van der Waals surface area contributed by atoms with E-state index >= 15 is 0 Å². The van der Waals surface area contributed by atoms with Crippen LogP contribution >= 0.6 is 0 Å². The zero-order valence-corrected chi connectivity index (χ0v) is 9.72. The van der Waals surface area contributed by atoms with Gasteiger partial charge in [0.15, 0.2) is 0 Å². The molecule has 0 radical (unpaired) electrons. The van der Waals surface area contributed by atoms with Crippen LogP contribution in [0.4, 0.5) is 0 Å². The summed E-state index contributed by atoms with van der Waals surface area (Å²) in [6.07, 6.45) is 6.73. The normalized spacial score (nSPS) is 27.9. The lowest BCUT2D eigenvalue weighted by molar-refractivity contribution is 0.143. The summed E-state index contributed by atoms with van der Waals surface area (Å²) in [6.45, 7) is 7.30. The smallest absolute Gasteiger partial charge is 0.0477 e. The van der Waals surface area contributed by atoms with Crippen molar-refractivity contribution in [1.82, 2.24) is 5.32 Å². The van der Waals surface area contributed by atoms with Gasteiger partial charge in [-0.25, -0.2) is 0 Å². The Bertz CT molecular complexity index is 138. The van der Waals surface area contributed by atoms with Crippen LogP contribution in [0.15, 0.2) is 0 Å². The first kappa shape index (κ1) is 12.0. The molecule has 0 bridgehead atoms. The molecular formula is C12H25NO. The molecule has 1 fully saturated rings. The van der Waals surface area contributed by atoms with Crippen LogP contribution in [0.1, 0.15) is 46.0 Å². The molecule has 2 nitrogen and oxygen atoms in total. The van der Waals surface area contributed by atoms with Gasteiger partial charge >= 0.3 is 0 Å². The molecule has 84 valence electrons. The first-order chi connectivity index (χ1) is 6.83. The average molecular weight is 199 g/mol. The largest absolute Gasteiger partial charge is 0.382 e. The van der Waals surface area contributed by atoms with Crippen LogP contribution in [0.2, 0.25) is 0 Å². The molecule has 1 aliphatic carbocycles. The van der Waals surface area contributed by atoms with Gasteiger partial charge in [-0.3, -0.25) is 0 Å². The molecule has 0 heterocycles. The van der Waals surface area contributed by atoms with Crippen LogP contribution in [0.5, 0.6) is 0 Å². The highest BCUT2D eigenvalue weighted by atomic mass is 16.5. The fourth-order valence-electron chi connectivity index (χ4n) is 2.24. The van der Waals surface area contributed by atoms with Crippen LogP contribution in [0.3, 0.4) is 0 Å². The Morgan fingerprint density at radius 3 is 2.93 bits per heavy atom. The van der Waals surface area contributed by atoms with Crippen molar-refractivity contribution >= 4 is 0 Å². The Balaban J connectivity index is 1.95. The molecule has 0 unspecified atom stereocenters. The highest BCUT2D eigenvalue weighted by Crippen LogP contribution is 2.23. The monoisotopic (exact) mass is 199 g/mol. The summed E-state index contributed by atoms with van der Waals surface area (Å²) < 4.78 is 5.30. The van der Waals surface area contributed by atoms with Crippen LogP contribution in [-0.4, -0.2) is 25.8 Å². The molecule has 2 atom stereocenters. The van der Waals surface area contributed by atoms with Gasteiger partial charge in [0.25, 0.3) is 0 Å². The molecule has 14 heavy (non-hydrogen) atoms. The number of hydrogen-bond donors (Lipinski definition) is 1. The zero-order chi connectivity index (χ0) is 10.2. The molecule has 1 aliphatic rings. The van der Waals surface area contributed by atoms with E-state index in [1.807, 2.05) is 0 Å². The predicted molar refractivity (Wildman–Crippen MR) is 60.5 cm³/mol. The van der Waals surface area contributed by atoms with Crippen LogP contribution in [0.25, 0.3) is 0 Å². The molecular weight excluding hydrogens is 174 g/mol. The van der Waals surface area contributed by atoms with Crippen molar-refractivity contribution in [2.45, 2.75) is 52.0 Å². The Morgan fingerprint density at radius 2 is 2.21 bits per heavy atom. The van der Waals surface area contributed by atoms with Gasteiger partial charge in [-0.05, 0) is 38.6 Å². The van der Waals surface area contributed by atoms with Crippen molar-refractivity contribution in [3.63, 3.8) is 0 Å². The van der Waals surface area contributed by atoms with Crippen molar-refractivity contribution in [2.24, 2.45) is 5.92 Å². The minimum Gasteiger partial charge on any atom is -0.382 e. The standard InChI is InChI=1S/C12H25NO/c1-3-14-9-5-8-13-12-7-4-6-11(2)10-12/h11-13H,3-10H2,1-2H3/t11-,12+/m1/s1. The van der Waals surface area contributed by atoms with E-state index in [4.69, 9.17) is 4.74 Å². The van der Waals surface area contributed by atoms with Gasteiger partial charge in [-0.15, -0.1) is 0 Å². The summed E-state index contributed by atoms with van der Waals surface area (Å²) in [5.74, 6) is 0.924. The zero-order valence-electron chi connectivity index (χ0n) is 9.72. The molecule has 0 amide bonds. The summed E-state index contributed by atoms with van der Waals surface area (Å²) >= 11 is 0. The summed E-state index contributed by atoms with van der Waals surface area (Å²) in [5.41, 5.74) is 0. The van der Waals surface area contributed by atoms with Crippen molar-refractivity contribution in [2.75, 3.05) is 19.8 Å². The summed E-state index contributed by atoms with van der Waals surface area (Å²) in [5, 5.41) is 3.63. The average Bonchev–Trinajstić information content (AvgIpc) is 2.18. The van der Waals surface area contributed by atoms with Crippen molar-refractivity contribution in [1.29, 1.82) is 0 Å². The molecule has 1 saturated carbocycles. The van der Waals surface area contributed by atoms with Gasteiger partial charge in [0.2, 0.25) is 0 Å². The van der Waals surface area contributed by atoms with E-state index in [2.05, 4.69) is 19.2 Å². The quantitative estimate of drug-likeness (QED) is 0.664. The third kappa shape index (κ3) is 4.97. The Kier molecular flexibility index (Phi) is 6.20. The van der Waals surface area contributed by atoms with E-state index in [9.17, 15) is 0 Å². The number of rotatable bonds is 6. The minimum absolute atomic E-state index is 0.778. The molecule has 1 rings (SSSR count). The van der Waals surface area contributed by atoms with Gasteiger partial charge in [0.1, 0.15) is 0 Å². The first-order valence-corrected chi connectivity index (χ1v) is 6.14. The lowest BCUT2D eigenvalue weighted by Gasteiger charge is -2.27. The van der Waals surface area contributed by atoms with Gasteiger partial charge in [0.05, 0.1) is 0 Å². The van der Waals surface area contributed by atoms with E-state index in [1.54, 1.807) is 0 Å². The second kappa shape index (κ2) is 7.24. The SMILES string of the molecule is CCOCCCN[C@H]1CCC[C@@H](C)C1. The van der Waals surface area contributed by atoms with Crippen LogP contribution in [-0.2, 0) is 4.74 Å². The molecule has 0 spiro atoms. The van der Waals surface area contributed by atoms with Crippen LogP contribution < -0.4 is 5.32 Å². The van der Waals surface area contributed by atoms with Crippen LogP contribution in [0, 0.1) is 5.92 Å². The Hall–Kier alpha value is -0.0800. The molecule has 0 aromatic carbocycles. The first-order valence-electron chi connectivity index (χ1n) is 6.14. The molecule has 2 heteroatoms. The summed E-state index contributed by atoms with van der Waals surface area (Å²) in [6, 6.07) is 0.778. The fraction of sp³-hybridized carbons (Fsp3) is 1.00. The fourth-order valence-corrected chi connectivity index (χ4v) is 2.24. The molecule has 1 N–H and O–H groups in total. The molecule has 0 saturated heterocycles. The highest BCUT2D eigenvalue weighted by molar-refractivity contribution is 4.75. The van der Waals surface area contributed by atoms with Gasteiger partial charge in [-0.1, -0.05) is 19.8 Å². The lowest BCUT2D eigenvalue weighted by Crippen LogP contribution is -2.34. The van der Waals surface area contributed by atoms with E-state index in [0.717, 1.165) is 38.1 Å². The van der Waals surface area contributed by atoms with Gasteiger partial charge in [-0.2, -0.15) is 0 Å². The maximum Gasteiger partial charge on any atom is 0.0477 e. The van der Waals surface area contributed by atoms with Crippen molar-refractivity contribution in [3.05, 3.63) is 0 Å². The Labute approximate surface area is 88.4 Å². The lowest BCUT2D eigenvalue weighted by atomic mass is 9.87. The summed E-state index contributed by atoms with van der Waals surface area (Å²) in [4.78, 5) is 0. The highest BCUT2D eigenvalue weighted by Gasteiger charge is 2.17.